The zero-order valence-electron chi connectivity index (χ0n) is 36.5. The molecule has 2 heterocycles. The van der Waals surface area contributed by atoms with Crippen LogP contribution in [0.15, 0.2) is 72.8 Å². The van der Waals surface area contributed by atoms with Crippen LogP contribution in [0, 0.1) is 69.2 Å². The van der Waals surface area contributed by atoms with Crippen LogP contribution >= 0.6 is 17.2 Å². The quantitative estimate of drug-likeness (QED) is 0.147. The summed E-state index contributed by atoms with van der Waals surface area (Å²) in [7, 11) is -0.881. The van der Waals surface area contributed by atoms with Crippen molar-refractivity contribution in [2.24, 2.45) is 0 Å². The van der Waals surface area contributed by atoms with Crippen molar-refractivity contribution in [2.45, 2.75) is 82.1 Å². The number of fused-ring (bicyclic) bond motifs is 4. The lowest BCUT2D eigenvalue weighted by atomic mass is 9.93. The molecule has 0 fully saturated rings. The van der Waals surface area contributed by atoms with E-state index in [1.807, 2.05) is 26.0 Å². The second kappa shape index (κ2) is 16.6. The highest BCUT2D eigenvalue weighted by Gasteiger charge is 2.35. The molecule has 0 atom stereocenters. The van der Waals surface area contributed by atoms with Gasteiger partial charge in [-0.25, -0.2) is 0 Å². The predicted molar refractivity (Wildman–Crippen MR) is 241 cm³/mol. The number of ether oxygens (including phenoxy) is 2. The first-order chi connectivity index (χ1) is 28.7. The molecule has 0 radical (unpaired) electrons. The molecule has 0 amide bonds. The van der Waals surface area contributed by atoms with Crippen molar-refractivity contribution in [3.8, 4) is 57.1 Å². The first-order valence-electron chi connectivity index (χ1n) is 20.2. The van der Waals surface area contributed by atoms with Crippen molar-refractivity contribution < 1.29 is 36.6 Å². The van der Waals surface area contributed by atoms with E-state index in [-0.39, 0.29) is 0 Å². The first kappa shape index (κ1) is 41.3. The van der Waals surface area contributed by atoms with Crippen LogP contribution in [0.2, 0.25) is 0 Å². The zero-order chi connectivity index (χ0) is 42.6. The Balaban J connectivity index is 1.29. The Morgan fingerprint density at radius 1 is 0.383 bits per heavy atom. The maximum absolute atomic E-state index is 7.04. The molecule has 0 unspecified atom stereocenters. The standard InChI is InChI=1S/C50H52O8P2/c1-27-21-41(49(43(23-27)51-11)57-59-53-45-33(7)17-13-29(3)37(45)25-38-30(4)14-18-34(8)46(38)54-59)42-22-28(2)24-44(52-12)50(42)58-60-55-47-35(9)19-15-31(5)39(47)26-40-32(6)16-20-36(10)48(40)56-60/h13-24H,25-26H2,1-12H3. The Morgan fingerprint density at radius 3 is 0.917 bits per heavy atom. The predicted octanol–water partition coefficient (Wildman–Crippen LogP) is 13.8. The van der Waals surface area contributed by atoms with Gasteiger partial charge in [0.1, 0.15) is 23.0 Å². The Kier molecular flexibility index (Phi) is 11.4. The molecule has 2 aliphatic rings. The van der Waals surface area contributed by atoms with Gasteiger partial charge in [0, 0.05) is 46.2 Å². The SMILES string of the molecule is COc1cc(C)cc(-c2cc(C)cc(OC)c2OP2Oc3c(C)ccc(C)c3Cc3c(C)ccc(C)c3O2)c1OP1Oc2c(C)ccc(C)c2Cc2c(C)ccc(C)c2O1. The van der Waals surface area contributed by atoms with Crippen molar-refractivity contribution in [1.82, 2.24) is 0 Å². The topological polar surface area (TPSA) is 73.8 Å². The Hall–Kier alpha value is -5.42. The second-order valence-corrected chi connectivity index (χ2v) is 18.1. The van der Waals surface area contributed by atoms with Crippen molar-refractivity contribution in [1.29, 1.82) is 0 Å². The molecule has 0 spiro atoms. The minimum atomic E-state index is -2.08. The molecule has 2 aliphatic heterocycles. The van der Waals surface area contributed by atoms with Crippen LogP contribution in [-0.2, 0) is 12.8 Å². The number of benzene rings is 6. The normalized spacial score (nSPS) is 13.6. The van der Waals surface area contributed by atoms with Gasteiger partial charge in [0.05, 0.1) is 14.2 Å². The number of hydrogen-bond acceptors (Lipinski definition) is 8. The Labute approximate surface area is 356 Å². The summed E-state index contributed by atoms with van der Waals surface area (Å²) in [6.07, 6.45) is 1.36. The maximum atomic E-state index is 7.04. The highest BCUT2D eigenvalue weighted by Crippen LogP contribution is 2.57. The zero-order valence-corrected chi connectivity index (χ0v) is 38.3. The summed E-state index contributed by atoms with van der Waals surface area (Å²) in [4.78, 5) is 0. The molecule has 6 aromatic rings. The lowest BCUT2D eigenvalue weighted by Crippen LogP contribution is -2.13. The van der Waals surface area contributed by atoms with E-state index in [4.69, 9.17) is 36.6 Å². The van der Waals surface area contributed by atoms with Crippen LogP contribution in [0.3, 0.4) is 0 Å². The lowest BCUT2D eigenvalue weighted by Gasteiger charge is -2.29. The number of rotatable bonds is 7. The fraction of sp³-hybridized carbons (Fsp3) is 0.280. The van der Waals surface area contributed by atoms with Gasteiger partial charge in [0.15, 0.2) is 23.0 Å². The monoisotopic (exact) mass is 842 g/mol. The number of hydrogen-bond donors (Lipinski definition) is 0. The molecular weight excluding hydrogens is 790 g/mol. The molecule has 8 nitrogen and oxygen atoms in total. The van der Waals surface area contributed by atoms with Crippen LogP contribution in [0.25, 0.3) is 11.1 Å². The Bertz CT molecular complexity index is 2370. The largest absolute Gasteiger partial charge is 0.530 e. The fourth-order valence-corrected chi connectivity index (χ4v) is 10.6. The van der Waals surface area contributed by atoms with E-state index in [2.05, 4.69) is 116 Å². The summed E-state index contributed by atoms with van der Waals surface area (Å²) in [5.74, 6) is 4.96. The molecule has 0 aromatic heterocycles. The first-order valence-corrected chi connectivity index (χ1v) is 22.4. The van der Waals surface area contributed by atoms with Crippen LogP contribution < -0.4 is 36.6 Å². The van der Waals surface area contributed by atoms with Gasteiger partial charge >= 0.3 is 17.2 Å². The van der Waals surface area contributed by atoms with E-state index < -0.39 is 17.2 Å². The summed E-state index contributed by atoms with van der Waals surface area (Å²) in [6.45, 7) is 20.8. The molecule has 0 saturated heterocycles. The molecule has 310 valence electrons. The van der Waals surface area contributed by atoms with Gasteiger partial charge in [-0.1, -0.05) is 48.5 Å². The van der Waals surface area contributed by atoms with Crippen molar-refractivity contribution in [3.63, 3.8) is 0 Å². The fourth-order valence-electron chi connectivity index (χ4n) is 8.04. The molecule has 60 heavy (non-hydrogen) atoms. The third-order valence-electron chi connectivity index (χ3n) is 11.6. The lowest BCUT2D eigenvalue weighted by molar-refractivity contribution is 0.353. The maximum Gasteiger partial charge on any atom is 0.530 e. The van der Waals surface area contributed by atoms with Crippen LogP contribution in [0.5, 0.6) is 46.0 Å². The van der Waals surface area contributed by atoms with Crippen molar-refractivity contribution >= 4 is 17.2 Å². The molecule has 0 bridgehead atoms. The molecule has 6 aromatic carbocycles. The highest BCUT2D eigenvalue weighted by molar-refractivity contribution is 7.43. The van der Waals surface area contributed by atoms with Gasteiger partial charge < -0.3 is 36.6 Å². The summed E-state index contributed by atoms with van der Waals surface area (Å²) in [6, 6.07) is 24.9. The smallest absolute Gasteiger partial charge is 0.493 e. The molecular formula is C50H52O8P2. The van der Waals surface area contributed by atoms with E-state index in [1.54, 1.807) is 14.2 Å². The van der Waals surface area contributed by atoms with Gasteiger partial charge in [-0.3, -0.25) is 0 Å². The van der Waals surface area contributed by atoms with Gasteiger partial charge in [-0.2, -0.15) is 0 Å². The number of aryl methyl sites for hydroxylation is 10. The van der Waals surface area contributed by atoms with Crippen LogP contribution in [-0.4, -0.2) is 14.2 Å². The summed E-state index contributed by atoms with van der Waals surface area (Å²) < 4.78 is 53.7. The number of methoxy groups -OCH3 is 2. The van der Waals surface area contributed by atoms with E-state index in [9.17, 15) is 0 Å². The third kappa shape index (κ3) is 7.72. The van der Waals surface area contributed by atoms with Crippen molar-refractivity contribution in [3.05, 3.63) is 151 Å². The van der Waals surface area contributed by atoms with Crippen molar-refractivity contribution in [2.75, 3.05) is 14.2 Å². The van der Waals surface area contributed by atoms with Gasteiger partial charge in [-0.05, 0) is 149 Å². The van der Waals surface area contributed by atoms with Crippen LogP contribution in [0.4, 0.5) is 0 Å². The van der Waals surface area contributed by atoms with Gasteiger partial charge in [-0.15, -0.1) is 0 Å². The average Bonchev–Trinajstić information content (AvgIpc) is 3.20. The molecule has 8 rings (SSSR count). The Morgan fingerprint density at radius 2 is 0.650 bits per heavy atom. The van der Waals surface area contributed by atoms with Crippen LogP contribution in [0.1, 0.15) is 77.9 Å². The minimum Gasteiger partial charge on any atom is -0.493 e. The molecule has 0 aliphatic carbocycles. The highest BCUT2D eigenvalue weighted by atomic mass is 31.2. The summed E-state index contributed by atoms with van der Waals surface area (Å²) in [5.41, 5.74) is 16.3. The van der Waals surface area contributed by atoms with E-state index in [0.717, 1.165) is 101 Å². The van der Waals surface area contributed by atoms with Gasteiger partial charge in [0.25, 0.3) is 0 Å². The summed E-state index contributed by atoms with van der Waals surface area (Å²) in [5, 5.41) is 0. The summed E-state index contributed by atoms with van der Waals surface area (Å²) >= 11 is 0. The van der Waals surface area contributed by atoms with E-state index in [0.29, 0.717) is 47.0 Å². The molecule has 0 N–H and O–H groups in total. The van der Waals surface area contributed by atoms with E-state index >= 15 is 0 Å². The average molecular weight is 843 g/mol. The molecule has 10 heteroatoms. The second-order valence-electron chi connectivity index (χ2n) is 16.1. The van der Waals surface area contributed by atoms with E-state index in [1.165, 1.54) is 0 Å². The van der Waals surface area contributed by atoms with Gasteiger partial charge in [0.2, 0.25) is 0 Å². The minimum absolute atomic E-state index is 0.437. The molecule has 0 saturated carbocycles. The third-order valence-corrected chi connectivity index (χ3v) is 13.6.